The van der Waals surface area contributed by atoms with Crippen LogP contribution in [0.25, 0.3) is 0 Å². The molecule has 1 aliphatic rings. The predicted octanol–water partition coefficient (Wildman–Crippen LogP) is -3.41. The van der Waals surface area contributed by atoms with Gasteiger partial charge in [0.15, 0.2) is 5.96 Å². The molecule has 15 nitrogen and oxygen atoms in total. The number of carboxylic acid groups (broad SMARTS) is 1. The fourth-order valence-electron chi connectivity index (χ4n) is 3.36. The summed E-state index contributed by atoms with van der Waals surface area (Å²) < 4.78 is 0. The summed E-state index contributed by atoms with van der Waals surface area (Å²) in [7, 11) is 0. The van der Waals surface area contributed by atoms with Crippen LogP contribution in [-0.2, 0) is 28.8 Å². The van der Waals surface area contributed by atoms with Gasteiger partial charge in [-0.2, -0.15) is 0 Å². The maximum atomic E-state index is 13.1. The Morgan fingerprint density at radius 3 is 2.19 bits per heavy atom. The van der Waals surface area contributed by atoms with Crippen molar-refractivity contribution in [2.75, 3.05) is 19.6 Å². The quantitative estimate of drug-likeness (QED) is 0.106. The van der Waals surface area contributed by atoms with Crippen molar-refractivity contribution in [3.05, 3.63) is 35.9 Å². The number of carbonyl (C=O) groups excluding carboxylic acids is 5. The molecule has 37 heavy (non-hydrogen) atoms. The summed E-state index contributed by atoms with van der Waals surface area (Å²) >= 11 is 0. The van der Waals surface area contributed by atoms with Crippen molar-refractivity contribution in [1.82, 2.24) is 26.6 Å². The van der Waals surface area contributed by atoms with E-state index in [1.807, 2.05) is 0 Å². The highest BCUT2D eigenvalue weighted by molar-refractivity contribution is 5.96. The van der Waals surface area contributed by atoms with Gasteiger partial charge in [0, 0.05) is 6.54 Å². The lowest BCUT2D eigenvalue weighted by molar-refractivity contribution is -0.143. The van der Waals surface area contributed by atoms with E-state index in [1.165, 1.54) is 0 Å². The average molecular weight is 519 g/mol. The van der Waals surface area contributed by atoms with Crippen LogP contribution in [0.15, 0.2) is 35.3 Å². The zero-order chi connectivity index (χ0) is 27.4. The molecule has 1 aromatic carbocycles. The van der Waals surface area contributed by atoms with Gasteiger partial charge in [-0.15, -0.1) is 0 Å². The Labute approximate surface area is 211 Å². The van der Waals surface area contributed by atoms with Crippen LogP contribution < -0.4 is 38.1 Å². The Morgan fingerprint density at radius 1 is 0.892 bits per heavy atom. The molecule has 0 saturated carbocycles. The highest BCUT2D eigenvalue weighted by Crippen LogP contribution is 2.14. The molecule has 200 valence electrons. The molecule has 1 saturated heterocycles. The van der Waals surface area contributed by atoms with Crippen LogP contribution in [0.4, 0.5) is 0 Å². The summed E-state index contributed by atoms with van der Waals surface area (Å²) in [4.78, 5) is 78.2. The number of rotatable bonds is 6. The van der Waals surface area contributed by atoms with Crippen LogP contribution in [0.2, 0.25) is 0 Å². The van der Waals surface area contributed by atoms with Gasteiger partial charge in [0.2, 0.25) is 29.5 Å². The Hall–Kier alpha value is -4.69. The second-order valence-electron chi connectivity index (χ2n) is 8.08. The lowest BCUT2D eigenvalue weighted by Crippen LogP contribution is -2.54. The monoisotopic (exact) mass is 518 g/mol. The fourth-order valence-corrected chi connectivity index (χ4v) is 3.36. The molecule has 1 fully saturated rings. The van der Waals surface area contributed by atoms with Crippen LogP contribution >= 0.6 is 0 Å². The number of nitrogens with one attached hydrogen (secondary N) is 5. The van der Waals surface area contributed by atoms with Gasteiger partial charge in [-0.25, -0.2) is 4.79 Å². The molecule has 3 atom stereocenters. The van der Waals surface area contributed by atoms with Gasteiger partial charge in [-0.1, -0.05) is 30.3 Å². The third-order valence-corrected chi connectivity index (χ3v) is 5.17. The summed E-state index contributed by atoms with van der Waals surface area (Å²) in [6.45, 7) is -0.992. The van der Waals surface area contributed by atoms with E-state index >= 15 is 0 Å². The minimum absolute atomic E-state index is 0.0922. The number of carbonyl (C=O) groups is 6. The minimum Gasteiger partial charge on any atom is -0.480 e. The van der Waals surface area contributed by atoms with Crippen LogP contribution in [0.1, 0.15) is 30.9 Å². The maximum Gasteiger partial charge on any atom is 0.326 e. The fraction of sp³-hybridized carbons (Fsp3) is 0.409. The molecule has 10 N–H and O–H groups in total. The topological polar surface area (TPSA) is 247 Å². The second-order valence-corrected chi connectivity index (χ2v) is 8.08. The number of benzene rings is 1. The van der Waals surface area contributed by atoms with E-state index in [2.05, 4.69) is 31.6 Å². The normalized spacial score (nSPS) is 21.9. The lowest BCUT2D eigenvalue weighted by Gasteiger charge is -2.24. The van der Waals surface area contributed by atoms with E-state index in [1.54, 1.807) is 30.3 Å². The zero-order valence-corrected chi connectivity index (χ0v) is 19.9. The van der Waals surface area contributed by atoms with Gasteiger partial charge in [0.25, 0.3) is 0 Å². The summed E-state index contributed by atoms with van der Waals surface area (Å²) in [5.41, 5.74) is 11.0. The summed E-state index contributed by atoms with van der Waals surface area (Å²) in [5.74, 6) is -5.49. The van der Waals surface area contributed by atoms with E-state index in [-0.39, 0.29) is 18.9 Å². The summed E-state index contributed by atoms with van der Waals surface area (Å²) in [6.07, 6.45) is -0.266. The molecule has 0 spiro atoms. The van der Waals surface area contributed by atoms with Gasteiger partial charge in [-0.05, 0) is 18.4 Å². The third-order valence-electron chi connectivity index (χ3n) is 5.17. The molecule has 1 aromatic rings. The Morgan fingerprint density at radius 2 is 1.54 bits per heavy atom. The van der Waals surface area contributed by atoms with Crippen LogP contribution in [-0.4, -0.2) is 78.3 Å². The van der Waals surface area contributed by atoms with Gasteiger partial charge >= 0.3 is 5.97 Å². The number of aliphatic imine (C=N–C) groups is 1. The molecule has 0 aliphatic carbocycles. The van der Waals surface area contributed by atoms with E-state index in [0.717, 1.165) is 0 Å². The smallest absolute Gasteiger partial charge is 0.326 e. The van der Waals surface area contributed by atoms with E-state index in [4.69, 9.17) is 11.5 Å². The molecule has 0 bridgehead atoms. The average Bonchev–Trinajstić information content (AvgIpc) is 2.85. The zero-order valence-electron chi connectivity index (χ0n) is 19.9. The van der Waals surface area contributed by atoms with Crippen molar-refractivity contribution in [3.8, 4) is 0 Å². The van der Waals surface area contributed by atoms with E-state index < -0.39 is 73.1 Å². The second kappa shape index (κ2) is 14.0. The van der Waals surface area contributed by atoms with Crippen molar-refractivity contribution in [3.63, 3.8) is 0 Å². The van der Waals surface area contributed by atoms with Crippen molar-refractivity contribution < 1.29 is 33.9 Å². The Balaban J connectivity index is 2.32. The van der Waals surface area contributed by atoms with Gasteiger partial charge in [0.05, 0.1) is 19.5 Å². The first-order valence-electron chi connectivity index (χ1n) is 11.3. The first-order valence-corrected chi connectivity index (χ1v) is 11.3. The van der Waals surface area contributed by atoms with Gasteiger partial charge in [0.1, 0.15) is 18.1 Å². The van der Waals surface area contributed by atoms with Crippen molar-refractivity contribution in [2.45, 2.75) is 37.4 Å². The number of nitrogens with zero attached hydrogens (tertiary/aromatic N) is 1. The van der Waals surface area contributed by atoms with Gasteiger partial charge in [-0.3, -0.25) is 29.0 Å². The Kier molecular flexibility index (Phi) is 10.8. The van der Waals surface area contributed by atoms with Crippen molar-refractivity contribution in [2.24, 2.45) is 16.5 Å². The molecule has 2 rings (SSSR count). The molecule has 0 unspecified atom stereocenters. The van der Waals surface area contributed by atoms with E-state index in [9.17, 15) is 33.9 Å². The molecule has 5 amide bonds. The predicted molar refractivity (Wildman–Crippen MR) is 129 cm³/mol. The van der Waals surface area contributed by atoms with Crippen molar-refractivity contribution >= 4 is 41.5 Å². The maximum absolute atomic E-state index is 13.1. The molecule has 1 heterocycles. The SMILES string of the molecule is NC(N)=NCCC[C@@H]1NC(=O)CNC(=O)C[C@@H](C(=O)O)NC(=O)CNC(=O)[C@H](c2ccccc2)NC1=O. The number of aliphatic carboxylic acids is 1. The molecular weight excluding hydrogens is 488 g/mol. The summed E-state index contributed by atoms with van der Waals surface area (Å²) in [5, 5.41) is 21.1. The minimum atomic E-state index is -1.59. The molecule has 0 radical (unpaired) electrons. The van der Waals surface area contributed by atoms with Crippen LogP contribution in [0, 0.1) is 0 Å². The highest BCUT2D eigenvalue weighted by atomic mass is 16.4. The largest absolute Gasteiger partial charge is 0.480 e. The standard InChI is InChI=1S/C22H30N8O7/c23-22(24)25-8-4-7-13-19(34)30-18(12-5-2-1-3-6-12)20(35)27-11-17(33)29-14(21(36)37)9-15(31)26-10-16(32)28-13/h1-3,5-6,13-14,18H,4,7-11H2,(H,26,31)(H,27,35)(H,28,32)(H,29,33)(H,30,34)(H,36,37)(H4,23,24,25)/t13-,14-,18-/m0/s1. The number of carboxylic acids is 1. The molecular formula is C22H30N8O7. The number of guanidine groups is 1. The van der Waals surface area contributed by atoms with Gasteiger partial charge < -0.3 is 43.2 Å². The van der Waals surface area contributed by atoms with Crippen LogP contribution in [0.5, 0.6) is 0 Å². The first-order chi connectivity index (χ1) is 17.6. The number of amides is 5. The number of nitrogens with two attached hydrogens (primary N) is 2. The molecule has 0 aromatic heterocycles. The molecule has 1 aliphatic heterocycles. The lowest BCUT2D eigenvalue weighted by atomic mass is 10.0. The van der Waals surface area contributed by atoms with E-state index in [0.29, 0.717) is 12.0 Å². The first kappa shape index (κ1) is 28.5. The summed E-state index contributed by atoms with van der Waals surface area (Å²) in [6, 6.07) is 4.23. The highest BCUT2D eigenvalue weighted by Gasteiger charge is 2.29. The number of hydrogen-bond donors (Lipinski definition) is 8. The molecule has 15 heteroatoms. The van der Waals surface area contributed by atoms with Crippen LogP contribution in [0.3, 0.4) is 0 Å². The Bertz CT molecular complexity index is 1040. The van der Waals surface area contributed by atoms with Crippen molar-refractivity contribution in [1.29, 1.82) is 0 Å². The number of hydrogen-bond acceptors (Lipinski definition) is 7. The third kappa shape index (κ3) is 9.83.